The van der Waals surface area contributed by atoms with Gasteiger partial charge in [0.15, 0.2) is 0 Å². The van der Waals surface area contributed by atoms with Crippen molar-refractivity contribution >= 4 is 23.2 Å². The Morgan fingerprint density at radius 3 is 2.78 bits per heavy atom. The van der Waals surface area contributed by atoms with Crippen LogP contribution in [0.3, 0.4) is 0 Å². The van der Waals surface area contributed by atoms with Gasteiger partial charge in [0.2, 0.25) is 5.91 Å². The molecule has 100 valence electrons. The van der Waals surface area contributed by atoms with Gasteiger partial charge in [-0.15, -0.1) is 0 Å². The van der Waals surface area contributed by atoms with E-state index in [1.54, 1.807) is 7.05 Å². The van der Waals surface area contributed by atoms with Crippen molar-refractivity contribution in [3.05, 3.63) is 28.8 Å². The van der Waals surface area contributed by atoms with Crippen LogP contribution in [0.15, 0.2) is 18.2 Å². The number of halogens is 1. The Labute approximate surface area is 113 Å². The maximum atomic E-state index is 11.5. The Balaban J connectivity index is 2.86. The first-order valence-electron chi connectivity index (χ1n) is 5.90. The first-order valence-corrected chi connectivity index (χ1v) is 6.28. The lowest BCUT2D eigenvalue weighted by Gasteiger charge is -2.25. The zero-order valence-corrected chi connectivity index (χ0v) is 11.8. The Bertz CT molecular complexity index is 423. The van der Waals surface area contributed by atoms with Gasteiger partial charge in [-0.05, 0) is 17.7 Å². The highest BCUT2D eigenvalue weighted by atomic mass is 35.5. The molecule has 0 aliphatic rings. The minimum absolute atomic E-state index is 0.0261. The third-order valence-electron chi connectivity index (χ3n) is 2.92. The minimum Gasteiger partial charge on any atom is -0.374 e. The molecule has 0 aliphatic heterocycles. The summed E-state index contributed by atoms with van der Waals surface area (Å²) in [6.07, 6.45) is 0. The summed E-state index contributed by atoms with van der Waals surface area (Å²) in [5.41, 5.74) is 7.70. The molecule has 4 nitrogen and oxygen atoms in total. The molecule has 18 heavy (non-hydrogen) atoms. The van der Waals surface area contributed by atoms with Gasteiger partial charge in [0.25, 0.3) is 0 Å². The van der Waals surface area contributed by atoms with E-state index in [0.717, 1.165) is 11.3 Å². The van der Waals surface area contributed by atoms with Crippen molar-refractivity contribution in [2.45, 2.75) is 13.5 Å². The van der Waals surface area contributed by atoms with Gasteiger partial charge in [-0.25, -0.2) is 0 Å². The average Bonchev–Trinajstić information content (AvgIpc) is 2.37. The lowest BCUT2D eigenvalue weighted by Crippen LogP contribution is -2.34. The zero-order valence-electron chi connectivity index (χ0n) is 11.0. The Kier molecular flexibility index (Phi) is 5.44. The summed E-state index contributed by atoms with van der Waals surface area (Å²) in [5.74, 6) is -0.0669. The van der Waals surface area contributed by atoms with Crippen molar-refractivity contribution in [2.24, 2.45) is 11.7 Å². The molecule has 0 heterocycles. The van der Waals surface area contributed by atoms with E-state index in [1.807, 2.05) is 37.1 Å². The van der Waals surface area contributed by atoms with Crippen LogP contribution >= 0.6 is 11.6 Å². The Morgan fingerprint density at radius 2 is 2.22 bits per heavy atom. The third-order valence-corrected chi connectivity index (χ3v) is 3.16. The summed E-state index contributed by atoms with van der Waals surface area (Å²) in [5, 5.41) is 3.31. The Morgan fingerprint density at radius 1 is 1.56 bits per heavy atom. The maximum absolute atomic E-state index is 11.5. The summed E-state index contributed by atoms with van der Waals surface area (Å²) < 4.78 is 0. The van der Waals surface area contributed by atoms with Gasteiger partial charge < -0.3 is 16.0 Å². The predicted octanol–water partition coefficient (Wildman–Crippen LogP) is 1.62. The van der Waals surface area contributed by atoms with E-state index >= 15 is 0 Å². The first-order chi connectivity index (χ1) is 8.49. The number of rotatable bonds is 5. The van der Waals surface area contributed by atoms with Crippen LogP contribution < -0.4 is 16.0 Å². The van der Waals surface area contributed by atoms with Gasteiger partial charge in [0.1, 0.15) is 0 Å². The van der Waals surface area contributed by atoms with Crippen LogP contribution in [0.1, 0.15) is 12.5 Å². The number of amides is 1. The molecule has 0 saturated heterocycles. The molecule has 3 N–H and O–H groups in total. The van der Waals surface area contributed by atoms with Gasteiger partial charge in [0, 0.05) is 37.9 Å². The van der Waals surface area contributed by atoms with Gasteiger partial charge in [-0.2, -0.15) is 0 Å². The van der Waals surface area contributed by atoms with Gasteiger partial charge >= 0.3 is 0 Å². The molecule has 0 bridgehead atoms. The van der Waals surface area contributed by atoms with Crippen LogP contribution in [0.2, 0.25) is 5.02 Å². The molecule has 1 aromatic rings. The normalized spacial score (nSPS) is 12.1. The molecule has 1 aromatic carbocycles. The van der Waals surface area contributed by atoms with E-state index in [-0.39, 0.29) is 11.8 Å². The predicted molar refractivity (Wildman–Crippen MR) is 75.8 cm³/mol. The smallest absolute Gasteiger partial charge is 0.224 e. The van der Waals surface area contributed by atoms with Gasteiger partial charge in [-0.3, -0.25) is 4.79 Å². The van der Waals surface area contributed by atoms with Crippen molar-refractivity contribution < 1.29 is 4.79 Å². The number of nitrogens with zero attached hydrogens (tertiary/aromatic N) is 1. The molecule has 5 heteroatoms. The first kappa shape index (κ1) is 14.8. The summed E-state index contributed by atoms with van der Waals surface area (Å²) in [7, 11) is 3.58. The fourth-order valence-electron chi connectivity index (χ4n) is 1.90. The third kappa shape index (κ3) is 3.62. The molecule has 0 radical (unpaired) electrons. The number of hydrogen-bond acceptors (Lipinski definition) is 3. The molecular weight excluding hydrogens is 250 g/mol. The van der Waals surface area contributed by atoms with Crippen molar-refractivity contribution in [1.29, 1.82) is 0 Å². The topological polar surface area (TPSA) is 58.4 Å². The number of nitrogens with one attached hydrogen (secondary N) is 1. The van der Waals surface area contributed by atoms with Crippen molar-refractivity contribution in [3.8, 4) is 0 Å². The molecule has 0 fully saturated rings. The van der Waals surface area contributed by atoms with E-state index in [2.05, 4.69) is 5.32 Å². The van der Waals surface area contributed by atoms with Gasteiger partial charge in [-0.1, -0.05) is 24.6 Å². The molecule has 0 spiro atoms. The van der Waals surface area contributed by atoms with E-state index in [9.17, 15) is 4.79 Å². The number of carbonyl (C=O) groups is 1. The van der Waals surface area contributed by atoms with Crippen LogP contribution in [0.25, 0.3) is 0 Å². The second-order valence-electron chi connectivity index (χ2n) is 4.37. The highest BCUT2D eigenvalue weighted by Crippen LogP contribution is 2.24. The monoisotopic (exact) mass is 269 g/mol. The zero-order chi connectivity index (χ0) is 13.7. The van der Waals surface area contributed by atoms with E-state index in [0.29, 0.717) is 18.1 Å². The van der Waals surface area contributed by atoms with Crippen molar-refractivity contribution in [1.82, 2.24) is 5.32 Å². The SMILES string of the molecule is CNC(=O)C(C)CN(C)c1cc(Cl)ccc1CN. The maximum Gasteiger partial charge on any atom is 0.224 e. The molecular formula is C13H20ClN3O. The van der Waals surface area contributed by atoms with E-state index in [1.165, 1.54) is 0 Å². The van der Waals surface area contributed by atoms with Crippen molar-refractivity contribution in [2.75, 3.05) is 25.5 Å². The summed E-state index contributed by atoms with van der Waals surface area (Å²) in [4.78, 5) is 13.5. The molecule has 0 saturated carbocycles. The van der Waals surface area contributed by atoms with Crippen LogP contribution in [0.4, 0.5) is 5.69 Å². The number of anilines is 1. The second kappa shape index (κ2) is 6.61. The summed E-state index contributed by atoms with van der Waals surface area (Å²) in [6.45, 7) is 2.96. The lowest BCUT2D eigenvalue weighted by molar-refractivity contribution is -0.123. The number of hydrogen-bond donors (Lipinski definition) is 2. The van der Waals surface area contributed by atoms with Gasteiger partial charge in [0.05, 0.1) is 5.92 Å². The molecule has 1 atom stereocenters. The van der Waals surface area contributed by atoms with Crippen LogP contribution in [0, 0.1) is 5.92 Å². The standard InChI is InChI=1S/C13H20ClN3O/c1-9(13(18)16-2)8-17(3)12-6-11(14)5-4-10(12)7-15/h4-6,9H,7-8,15H2,1-3H3,(H,16,18). The van der Waals surface area contributed by atoms with Crippen LogP contribution in [-0.4, -0.2) is 26.5 Å². The quantitative estimate of drug-likeness (QED) is 0.854. The molecule has 1 amide bonds. The number of benzene rings is 1. The van der Waals surface area contributed by atoms with Crippen molar-refractivity contribution in [3.63, 3.8) is 0 Å². The van der Waals surface area contributed by atoms with E-state index < -0.39 is 0 Å². The van der Waals surface area contributed by atoms with E-state index in [4.69, 9.17) is 17.3 Å². The largest absolute Gasteiger partial charge is 0.374 e. The highest BCUT2D eigenvalue weighted by Gasteiger charge is 2.15. The molecule has 0 aromatic heterocycles. The molecule has 0 aliphatic carbocycles. The number of carbonyl (C=O) groups excluding carboxylic acids is 1. The lowest BCUT2D eigenvalue weighted by atomic mass is 10.1. The number of nitrogens with two attached hydrogens (primary N) is 1. The second-order valence-corrected chi connectivity index (χ2v) is 4.81. The summed E-state index contributed by atoms with van der Waals surface area (Å²) >= 11 is 6.00. The molecule has 1 unspecified atom stereocenters. The minimum atomic E-state index is -0.0930. The molecule has 1 rings (SSSR count). The average molecular weight is 270 g/mol. The summed E-state index contributed by atoms with van der Waals surface area (Å²) in [6, 6.07) is 5.61. The van der Waals surface area contributed by atoms with Crippen LogP contribution in [-0.2, 0) is 11.3 Å². The Hall–Kier alpha value is -1.26. The highest BCUT2D eigenvalue weighted by molar-refractivity contribution is 6.30. The van der Waals surface area contributed by atoms with Crippen LogP contribution in [0.5, 0.6) is 0 Å². The fraction of sp³-hybridized carbons (Fsp3) is 0.462. The fourth-order valence-corrected chi connectivity index (χ4v) is 2.07.